The van der Waals surface area contributed by atoms with Gasteiger partial charge in [0, 0.05) is 30.7 Å². The Balaban J connectivity index is 1.52. The van der Waals surface area contributed by atoms with Crippen LogP contribution in [0.2, 0.25) is 0 Å². The second-order valence-corrected chi connectivity index (χ2v) is 7.78. The normalized spacial score (nSPS) is 22.8. The maximum Gasteiger partial charge on any atom is 0.410 e. The van der Waals surface area contributed by atoms with Crippen molar-refractivity contribution in [2.45, 2.75) is 64.8 Å². The van der Waals surface area contributed by atoms with E-state index in [9.17, 15) is 4.79 Å². The molecule has 2 aliphatic heterocycles. The minimum atomic E-state index is -0.457. The number of benzene rings is 1. The van der Waals surface area contributed by atoms with E-state index in [-0.39, 0.29) is 18.9 Å². The van der Waals surface area contributed by atoms with Crippen LogP contribution in [0.4, 0.5) is 4.79 Å². The molecule has 25 heavy (non-hydrogen) atoms. The fourth-order valence-corrected chi connectivity index (χ4v) is 3.33. The van der Waals surface area contributed by atoms with Crippen molar-refractivity contribution in [1.82, 2.24) is 10.2 Å². The van der Waals surface area contributed by atoms with Crippen molar-refractivity contribution in [3.8, 4) is 11.5 Å². The summed E-state index contributed by atoms with van der Waals surface area (Å²) in [5.41, 5.74) is 0.652. The average Bonchev–Trinajstić information content (AvgIpc) is 3.00. The lowest BCUT2D eigenvalue weighted by Gasteiger charge is -2.38. The SMILES string of the molecule is CC1CC(NCc2cccc3c2OCO3)CCN1C(=O)OC(C)(C)C. The lowest BCUT2D eigenvalue weighted by molar-refractivity contribution is 0.00932. The lowest BCUT2D eigenvalue weighted by Crippen LogP contribution is -2.50. The first-order valence-electron chi connectivity index (χ1n) is 8.94. The van der Waals surface area contributed by atoms with Gasteiger partial charge in [-0.2, -0.15) is 0 Å². The Morgan fingerprint density at radius 1 is 1.36 bits per heavy atom. The summed E-state index contributed by atoms with van der Waals surface area (Å²) in [5, 5.41) is 3.59. The summed E-state index contributed by atoms with van der Waals surface area (Å²) < 4.78 is 16.5. The zero-order valence-electron chi connectivity index (χ0n) is 15.5. The zero-order valence-corrected chi connectivity index (χ0v) is 15.5. The number of hydrogen-bond acceptors (Lipinski definition) is 5. The first kappa shape index (κ1) is 17.9. The number of fused-ring (bicyclic) bond motifs is 1. The number of para-hydroxylation sites is 1. The number of nitrogens with zero attached hydrogens (tertiary/aromatic N) is 1. The number of ether oxygens (including phenoxy) is 3. The molecule has 2 aliphatic rings. The molecular weight excluding hydrogens is 320 g/mol. The average molecular weight is 348 g/mol. The molecule has 0 saturated carbocycles. The number of amides is 1. The van der Waals surface area contributed by atoms with E-state index in [1.165, 1.54) is 0 Å². The molecule has 138 valence electrons. The minimum Gasteiger partial charge on any atom is -0.454 e. The number of likely N-dealkylation sites (tertiary alicyclic amines) is 1. The summed E-state index contributed by atoms with van der Waals surface area (Å²) in [7, 11) is 0. The molecule has 2 atom stereocenters. The molecule has 1 aromatic rings. The molecule has 2 heterocycles. The number of carbonyl (C=O) groups is 1. The second-order valence-electron chi connectivity index (χ2n) is 7.78. The van der Waals surface area contributed by atoms with Crippen molar-refractivity contribution in [2.24, 2.45) is 0 Å². The van der Waals surface area contributed by atoms with Gasteiger partial charge in [0.05, 0.1) is 0 Å². The fourth-order valence-electron chi connectivity index (χ4n) is 3.33. The molecule has 0 radical (unpaired) electrons. The smallest absolute Gasteiger partial charge is 0.410 e. The van der Waals surface area contributed by atoms with Crippen molar-refractivity contribution in [3.05, 3.63) is 23.8 Å². The van der Waals surface area contributed by atoms with E-state index < -0.39 is 5.60 Å². The van der Waals surface area contributed by atoms with Gasteiger partial charge < -0.3 is 24.4 Å². The van der Waals surface area contributed by atoms with Crippen LogP contribution in [0, 0.1) is 0 Å². The Morgan fingerprint density at radius 3 is 2.88 bits per heavy atom. The first-order chi connectivity index (χ1) is 11.8. The van der Waals surface area contributed by atoms with Crippen LogP contribution in [-0.4, -0.2) is 42.0 Å². The molecule has 1 amide bonds. The minimum absolute atomic E-state index is 0.155. The molecule has 6 nitrogen and oxygen atoms in total. The Kier molecular flexibility index (Phi) is 5.08. The molecule has 3 rings (SSSR count). The molecule has 1 saturated heterocycles. The van der Waals surface area contributed by atoms with Crippen molar-refractivity contribution in [2.75, 3.05) is 13.3 Å². The van der Waals surface area contributed by atoms with Crippen molar-refractivity contribution in [3.63, 3.8) is 0 Å². The summed E-state index contributed by atoms with van der Waals surface area (Å²) in [4.78, 5) is 14.1. The Labute approximate surface area is 149 Å². The van der Waals surface area contributed by atoms with Gasteiger partial charge in [-0.3, -0.25) is 0 Å². The van der Waals surface area contributed by atoms with Gasteiger partial charge in [0.2, 0.25) is 6.79 Å². The predicted molar refractivity (Wildman–Crippen MR) is 94.8 cm³/mol. The molecule has 1 fully saturated rings. The Hall–Kier alpha value is -1.95. The Bertz CT molecular complexity index is 626. The lowest BCUT2D eigenvalue weighted by atomic mass is 9.98. The number of carbonyl (C=O) groups excluding carboxylic acids is 1. The maximum absolute atomic E-state index is 12.3. The van der Waals surface area contributed by atoms with Gasteiger partial charge in [0.25, 0.3) is 0 Å². The molecule has 0 bridgehead atoms. The molecule has 0 spiro atoms. The van der Waals surface area contributed by atoms with Gasteiger partial charge in [-0.15, -0.1) is 0 Å². The molecule has 2 unspecified atom stereocenters. The van der Waals surface area contributed by atoms with Gasteiger partial charge in [-0.1, -0.05) is 12.1 Å². The third-order valence-electron chi connectivity index (χ3n) is 4.56. The number of rotatable bonds is 3. The quantitative estimate of drug-likeness (QED) is 0.908. The summed E-state index contributed by atoms with van der Waals surface area (Å²) in [6.07, 6.45) is 1.60. The number of nitrogens with one attached hydrogen (secondary N) is 1. The predicted octanol–water partition coefficient (Wildman–Crippen LogP) is 3.29. The van der Waals surface area contributed by atoms with Crippen LogP contribution in [0.5, 0.6) is 11.5 Å². The fraction of sp³-hybridized carbons (Fsp3) is 0.632. The van der Waals surface area contributed by atoms with Crippen LogP contribution in [0.3, 0.4) is 0 Å². The van der Waals surface area contributed by atoms with E-state index in [4.69, 9.17) is 14.2 Å². The van der Waals surface area contributed by atoms with Gasteiger partial charge in [-0.05, 0) is 46.6 Å². The van der Waals surface area contributed by atoms with Crippen LogP contribution in [0.15, 0.2) is 18.2 Å². The summed E-state index contributed by atoms with van der Waals surface area (Å²) in [5.74, 6) is 1.65. The third kappa shape index (κ3) is 4.37. The molecule has 6 heteroatoms. The molecule has 1 aromatic carbocycles. The standard InChI is InChI=1S/C19H28N2O4/c1-13-10-15(8-9-21(13)18(22)25-19(2,3)4)20-11-14-6-5-7-16-17(14)24-12-23-16/h5-7,13,15,20H,8-12H2,1-4H3. The zero-order chi connectivity index (χ0) is 18.0. The van der Waals surface area contributed by atoms with E-state index >= 15 is 0 Å². The molecule has 1 N–H and O–H groups in total. The monoisotopic (exact) mass is 348 g/mol. The van der Waals surface area contributed by atoms with E-state index in [1.807, 2.05) is 37.8 Å². The molecular formula is C19H28N2O4. The van der Waals surface area contributed by atoms with Crippen LogP contribution in [0.1, 0.15) is 46.1 Å². The van der Waals surface area contributed by atoms with E-state index in [1.54, 1.807) is 0 Å². The largest absolute Gasteiger partial charge is 0.454 e. The first-order valence-corrected chi connectivity index (χ1v) is 8.94. The van der Waals surface area contributed by atoms with Crippen LogP contribution >= 0.6 is 0 Å². The topological polar surface area (TPSA) is 60.0 Å². The highest BCUT2D eigenvalue weighted by Crippen LogP contribution is 2.35. The summed E-state index contributed by atoms with van der Waals surface area (Å²) >= 11 is 0. The van der Waals surface area contributed by atoms with Crippen LogP contribution < -0.4 is 14.8 Å². The van der Waals surface area contributed by atoms with Crippen molar-refractivity contribution in [1.29, 1.82) is 0 Å². The number of hydrogen-bond donors (Lipinski definition) is 1. The van der Waals surface area contributed by atoms with Gasteiger partial charge >= 0.3 is 6.09 Å². The number of piperidine rings is 1. The maximum atomic E-state index is 12.3. The highest BCUT2D eigenvalue weighted by Gasteiger charge is 2.31. The van der Waals surface area contributed by atoms with Crippen LogP contribution in [0.25, 0.3) is 0 Å². The molecule has 0 aromatic heterocycles. The second kappa shape index (κ2) is 7.12. The van der Waals surface area contributed by atoms with E-state index in [0.717, 1.165) is 36.4 Å². The highest BCUT2D eigenvalue weighted by molar-refractivity contribution is 5.68. The van der Waals surface area contributed by atoms with Gasteiger partial charge in [0.15, 0.2) is 11.5 Å². The van der Waals surface area contributed by atoms with Crippen molar-refractivity contribution < 1.29 is 19.0 Å². The van der Waals surface area contributed by atoms with Crippen molar-refractivity contribution >= 4 is 6.09 Å². The Morgan fingerprint density at radius 2 is 2.16 bits per heavy atom. The van der Waals surface area contributed by atoms with E-state index in [0.29, 0.717) is 12.6 Å². The van der Waals surface area contributed by atoms with Gasteiger partial charge in [0.1, 0.15) is 5.60 Å². The summed E-state index contributed by atoms with van der Waals surface area (Å²) in [6, 6.07) is 6.49. The summed E-state index contributed by atoms with van der Waals surface area (Å²) in [6.45, 7) is 9.50. The third-order valence-corrected chi connectivity index (χ3v) is 4.56. The molecule has 0 aliphatic carbocycles. The van der Waals surface area contributed by atoms with Gasteiger partial charge in [-0.25, -0.2) is 4.79 Å². The highest BCUT2D eigenvalue weighted by atomic mass is 16.7. The van der Waals surface area contributed by atoms with Crippen LogP contribution in [-0.2, 0) is 11.3 Å². The van der Waals surface area contributed by atoms with E-state index in [2.05, 4.69) is 18.3 Å².